The third kappa shape index (κ3) is 4.47. The Balaban J connectivity index is 1.57. The Labute approximate surface area is 186 Å². The van der Waals surface area contributed by atoms with E-state index in [1.165, 1.54) is 0 Å². The molecule has 1 aromatic heterocycles. The molecule has 0 atom stereocenters. The predicted octanol–water partition coefficient (Wildman–Crippen LogP) is 5.47. The van der Waals surface area contributed by atoms with Crippen LogP contribution in [0.5, 0.6) is 11.5 Å². The summed E-state index contributed by atoms with van der Waals surface area (Å²) < 4.78 is 12.6. The molecule has 8 heteroatoms. The van der Waals surface area contributed by atoms with Crippen LogP contribution in [0.3, 0.4) is 0 Å². The number of methoxy groups -OCH3 is 1. The van der Waals surface area contributed by atoms with Gasteiger partial charge in [0, 0.05) is 27.3 Å². The van der Waals surface area contributed by atoms with E-state index in [-0.39, 0.29) is 5.69 Å². The number of nitrogens with one attached hydrogen (secondary N) is 3. The Kier molecular flexibility index (Phi) is 6.01. The van der Waals surface area contributed by atoms with Crippen LogP contribution in [0.2, 0.25) is 5.02 Å². The number of imidazole rings is 1. The van der Waals surface area contributed by atoms with Gasteiger partial charge in [-0.1, -0.05) is 39.7 Å². The standard InChI is InChI=1S/C22H19BrClN3O3/c1-29-20-9-7-17(23)16(21(20)30-12-13-2-4-14(24)5-3-13)11-25-15-6-8-18-19(10-15)27-22(28)26-18/h2-10,25H,11-12H2,1H3,(H2,26,27,28). The fourth-order valence-electron chi connectivity index (χ4n) is 3.14. The smallest absolute Gasteiger partial charge is 0.323 e. The number of benzene rings is 3. The number of anilines is 1. The Bertz CT molecular complexity index is 1230. The molecule has 0 unspecified atom stereocenters. The van der Waals surface area contributed by atoms with Gasteiger partial charge in [0.05, 0.1) is 18.1 Å². The predicted molar refractivity (Wildman–Crippen MR) is 123 cm³/mol. The molecule has 0 amide bonds. The summed E-state index contributed by atoms with van der Waals surface area (Å²) in [5, 5.41) is 4.07. The number of H-pyrrole nitrogens is 2. The van der Waals surface area contributed by atoms with Gasteiger partial charge in [-0.3, -0.25) is 0 Å². The van der Waals surface area contributed by atoms with Crippen molar-refractivity contribution < 1.29 is 9.47 Å². The van der Waals surface area contributed by atoms with E-state index in [0.29, 0.717) is 29.7 Å². The molecule has 4 rings (SSSR count). The lowest BCUT2D eigenvalue weighted by atomic mass is 10.1. The van der Waals surface area contributed by atoms with Crippen molar-refractivity contribution in [3.63, 3.8) is 0 Å². The number of aromatic nitrogens is 2. The van der Waals surface area contributed by atoms with Crippen LogP contribution in [0.15, 0.2) is 63.9 Å². The second-order valence-electron chi connectivity index (χ2n) is 6.67. The van der Waals surface area contributed by atoms with Crippen molar-refractivity contribution in [2.24, 2.45) is 0 Å². The average Bonchev–Trinajstić information content (AvgIpc) is 3.12. The molecule has 0 saturated heterocycles. The average molecular weight is 489 g/mol. The molecule has 3 N–H and O–H groups in total. The summed E-state index contributed by atoms with van der Waals surface area (Å²) in [7, 11) is 1.62. The van der Waals surface area contributed by atoms with Crippen LogP contribution in [0.4, 0.5) is 5.69 Å². The lowest BCUT2D eigenvalue weighted by Gasteiger charge is -2.18. The van der Waals surface area contributed by atoms with Gasteiger partial charge in [-0.2, -0.15) is 0 Å². The molecular formula is C22H19BrClN3O3. The highest BCUT2D eigenvalue weighted by Crippen LogP contribution is 2.37. The van der Waals surface area contributed by atoms with Crippen molar-refractivity contribution in [3.8, 4) is 11.5 Å². The topological polar surface area (TPSA) is 79.1 Å². The van der Waals surface area contributed by atoms with Crippen LogP contribution >= 0.6 is 27.5 Å². The molecule has 4 aromatic rings. The largest absolute Gasteiger partial charge is 0.493 e. The number of ether oxygens (including phenoxy) is 2. The molecule has 0 fully saturated rings. The number of hydrogen-bond donors (Lipinski definition) is 3. The Morgan fingerprint density at radius 3 is 2.57 bits per heavy atom. The summed E-state index contributed by atoms with van der Waals surface area (Å²) in [5.41, 5.74) is 4.08. The van der Waals surface area contributed by atoms with E-state index in [9.17, 15) is 4.79 Å². The first-order chi connectivity index (χ1) is 14.5. The summed E-state index contributed by atoms with van der Waals surface area (Å²) in [6.45, 7) is 0.876. The third-order valence-electron chi connectivity index (χ3n) is 4.67. The third-order valence-corrected chi connectivity index (χ3v) is 5.66. The molecule has 0 bridgehead atoms. The summed E-state index contributed by atoms with van der Waals surface area (Å²) in [6.07, 6.45) is 0. The van der Waals surface area contributed by atoms with Gasteiger partial charge < -0.3 is 24.8 Å². The van der Waals surface area contributed by atoms with Crippen LogP contribution in [0, 0.1) is 0 Å². The quantitative estimate of drug-likeness (QED) is 0.322. The Morgan fingerprint density at radius 2 is 1.80 bits per heavy atom. The highest BCUT2D eigenvalue weighted by molar-refractivity contribution is 9.10. The number of aromatic amines is 2. The van der Waals surface area contributed by atoms with E-state index in [2.05, 4.69) is 31.2 Å². The maximum atomic E-state index is 11.5. The normalized spacial score (nSPS) is 10.9. The lowest BCUT2D eigenvalue weighted by Crippen LogP contribution is -2.06. The fraction of sp³-hybridized carbons (Fsp3) is 0.136. The van der Waals surface area contributed by atoms with Crippen molar-refractivity contribution in [1.82, 2.24) is 9.97 Å². The summed E-state index contributed by atoms with van der Waals surface area (Å²) in [6, 6.07) is 17.0. The molecule has 154 valence electrons. The molecule has 0 aliphatic heterocycles. The number of hydrogen-bond acceptors (Lipinski definition) is 4. The Morgan fingerprint density at radius 1 is 1.03 bits per heavy atom. The van der Waals surface area contributed by atoms with Crippen molar-refractivity contribution >= 4 is 44.3 Å². The summed E-state index contributed by atoms with van der Waals surface area (Å²) >= 11 is 9.58. The minimum atomic E-state index is -0.226. The first kappa shape index (κ1) is 20.4. The van der Waals surface area contributed by atoms with Crippen LogP contribution < -0.4 is 20.5 Å². The zero-order chi connectivity index (χ0) is 21.1. The molecule has 6 nitrogen and oxygen atoms in total. The highest BCUT2D eigenvalue weighted by atomic mass is 79.9. The monoisotopic (exact) mass is 487 g/mol. The van der Waals surface area contributed by atoms with E-state index in [1.807, 2.05) is 54.6 Å². The minimum Gasteiger partial charge on any atom is -0.493 e. The number of halogens is 2. The molecule has 0 spiro atoms. The van der Waals surface area contributed by atoms with E-state index < -0.39 is 0 Å². The molecule has 0 radical (unpaired) electrons. The lowest BCUT2D eigenvalue weighted by molar-refractivity contribution is 0.281. The molecule has 3 aromatic carbocycles. The van der Waals surface area contributed by atoms with E-state index in [1.54, 1.807) is 7.11 Å². The van der Waals surface area contributed by atoms with Gasteiger partial charge in [-0.25, -0.2) is 4.79 Å². The van der Waals surface area contributed by atoms with Gasteiger partial charge in [0.15, 0.2) is 11.5 Å². The molecule has 0 aliphatic rings. The Hall–Kier alpha value is -2.90. The van der Waals surface area contributed by atoms with Gasteiger partial charge >= 0.3 is 5.69 Å². The maximum absolute atomic E-state index is 11.5. The van der Waals surface area contributed by atoms with Crippen molar-refractivity contribution in [3.05, 3.63) is 85.7 Å². The molecule has 0 saturated carbocycles. The van der Waals surface area contributed by atoms with Crippen LogP contribution in [0.1, 0.15) is 11.1 Å². The van der Waals surface area contributed by atoms with Gasteiger partial charge in [-0.05, 0) is 48.0 Å². The van der Waals surface area contributed by atoms with Crippen LogP contribution in [-0.4, -0.2) is 17.1 Å². The SMILES string of the molecule is COc1ccc(Br)c(CNc2ccc3[nH]c(=O)[nH]c3c2)c1OCc1ccc(Cl)cc1. The van der Waals surface area contributed by atoms with Crippen LogP contribution in [-0.2, 0) is 13.2 Å². The van der Waals surface area contributed by atoms with Crippen molar-refractivity contribution in [2.45, 2.75) is 13.2 Å². The summed E-state index contributed by atoms with van der Waals surface area (Å²) in [5.74, 6) is 1.31. The molecule has 30 heavy (non-hydrogen) atoms. The van der Waals surface area contributed by atoms with E-state index in [0.717, 1.165) is 32.3 Å². The second kappa shape index (κ2) is 8.85. The molecule has 1 heterocycles. The highest BCUT2D eigenvalue weighted by Gasteiger charge is 2.15. The summed E-state index contributed by atoms with van der Waals surface area (Å²) in [4.78, 5) is 17.0. The van der Waals surface area contributed by atoms with Gasteiger partial charge in [0.25, 0.3) is 0 Å². The van der Waals surface area contributed by atoms with E-state index >= 15 is 0 Å². The van der Waals surface area contributed by atoms with E-state index in [4.69, 9.17) is 21.1 Å². The fourth-order valence-corrected chi connectivity index (χ4v) is 3.71. The minimum absolute atomic E-state index is 0.226. The molecule has 0 aliphatic carbocycles. The second-order valence-corrected chi connectivity index (χ2v) is 7.96. The zero-order valence-electron chi connectivity index (χ0n) is 16.1. The first-order valence-electron chi connectivity index (χ1n) is 9.22. The number of fused-ring (bicyclic) bond motifs is 1. The van der Waals surface area contributed by atoms with Gasteiger partial charge in [0.1, 0.15) is 6.61 Å². The van der Waals surface area contributed by atoms with Crippen molar-refractivity contribution in [1.29, 1.82) is 0 Å². The zero-order valence-corrected chi connectivity index (χ0v) is 18.4. The van der Waals surface area contributed by atoms with Gasteiger partial charge in [-0.15, -0.1) is 0 Å². The first-order valence-corrected chi connectivity index (χ1v) is 10.4. The van der Waals surface area contributed by atoms with Crippen molar-refractivity contribution in [2.75, 3.05) is 12.4 Å². The van der Waals surface area contributed by atoms with Gasteiger partial charge in [0.2, 0.25) is 0 Å². The van der Waals surface area contributed by atoms with Crippen LogP contribution in [0.25, 0.3) is 11.0 Å². The number of rotatable bonds is 7. The maximum Gasteiger partial charge on any atom is 0.323 e. The molecular weight excluding hydrogens is 470 g/mol.